The van der Waals surface area contributed by atoms with Crippen LogP contribution in [0.4, 0.5) is 4.39 Å². The summed E-state index contributed by atoms with van der Waals surface area (Å²) in [5.74, 6) is 0.163. The molecule has 4 rings (SSSR count). The molecule has 0 unspecified atom stereocenters. The maximum atomic E-state index is 13.3. The van der Waals surface area contributed by atoms with Crippen LogP contribution >= 0.6 is 0 Å². The predicted octanol–water partition coefficient (Wildman–Crippen LogP) is 6.01. The van der Waals surface area contributed by atoms with Gasteiger partial charge >= 0.3 is 0 Å². The summed E-state index contributed by atoms with van der Waals surface area (Å²) < 4.78 is 24.6. The lowest BCUT2D eigenvalue weighted by atomic mass is 9.99. The van der Waals surface area contributed by atoms with Crippen LogP contribution in [0.2, 0.25) is 0 Å². The molecule has 32 heavy (non-hydrogen) atoms. The minimum absolute atomic E-state index is 0.161. The molecular formula is C27H24FNO3. The van der Waals surface area contributed by atoms with E-state index < -0.39 is 0 Å². The molecular weight excluding hydrogens is 405 g/mol. The van der Waals surface area contributed by atoms with Crippen molar-refractivity contribution in [2.45, 2.75) is 13.3 Å². The van der Waals surface area contributed by atoms with Crippen LogP contribution in [0.3, 0.4) is 0 Å². The Hall–Kier alpha value is -3.86. The van der Waals surface area contributed by atoms with Crippen LogP contribution in [0.1, 0.15) is 18.1 Å². The smallest absolute Gasteiger partial charge is 0.244 e. The van der Waals surface area contributed by atoms with Gasteiger partial charge in [-0.05, 0) is 48.2 Å². The number of nitrogens with one attached hydrogen (secondary N) is 1. The highest BCUT2D eigenvalue weighted by Crippen LogP contribution is 2.37. The molecule has 0 atom stereocenters. The molecule has 0 aliphatic rings. The third-order valence-corrected chi connectivity index (χ3v) is 5.38. The number of amides is 1. The number of allylic oxidation sites excluding steroid dienone is 1. The second-order valence-electron chi connectivity index (χ2n) is 7.56. The van der Waals surface area contributed by atoms with E-state index >= 15 is 0 Å². The number of carbonyl (C=O) groups excluding carboxylic acids is 1. The lowest BCUT2D eigenvalue weighted by molar-refractivity contribution is -0.116. The van der Waals surface area contributed by atoms with Crippen molar-refractivity contribution in [2.24, 2.45) is 0 Å². The lowest BCUT2D eigenvalue weighted by Gasteiger charge is -2.10. The molecule has 0 bridgehead atoms. The van der Waals surface area contributed by atoms with Gasteiger partial charge in [-0.2, -0.15) is 0 Å². The highest BCUT2D eigenvalue weighted by molar-refractivity contribution is 6.00. The second-order valence-corrected chi connectivity index (χ2v) is 7.56. The summed E-state index contributed by atoms with van der Waals surface area (Å²) >= 11 is 0. The molecule has 1 amide bonds. The van der Waals surface area contributed by atoms with Crippen LogP contribution in [0.25, 0.3) is 27.7 Å². The van der Waals surface area contributed by atoms with E-state index in [1.165, 1.54) is 17.7 Å². The Morgan fingerprint density at radius 1 is 1.09 bits per heavy atom. The van der Waals surface area contributed by atoms with E-state index in [-0.39, 0.29) is 11.7 Å². The quantitative estimate of drug-likeness (QED) is 0.366. The van der Waals surface area contributed by atoms with Crippen LogP contribution in [-0.4, -0.2) is 19.6 Å². The van der Waals surface area contributed by atoms with Gasteiger partial charge in [0, 0.05) is 35.2 Å². The van der Waals surface area contributed by atoms with Crippen molar-refractivity contribution in [3.63, 3.8) is 0 Å². The van der Waals surface area contributed by atoms with Gasteiger partial charge in [0.25, 0.3) is 0 Å². The molecule has 5 heteroatoms. The van der Waals surface area contributed by atoms with E-state index in [1.54, 1.807) is 31.6 Å². The number of benzene rings is 3. The second kappa shape index (κ2) is 9.52. The van der Waals surface area contributed by atoms with Crippen molar-refractivity contribution in [1.82, 2.24) is 5.32 Å². The summed E-state index contributed by atoms with van der Waals surface area (Å²) in [7, 11) is 1.59. The molecule has 162 valence electrons. The SMILES string of the molecule is COc1cc2occ(-c3ccc(F)cc3)c2cc1/C(C)=C/C(=O)NCCc1ccccc1. The van der Waals surface area contributed by atoms with Crippen LogP contribution in [0.5, 0.6) is 5.75 Å². The van der Waals surface area contributed by atoms with E-state index in [1.807, 2.05) is 49.4 Å². The van der Waals surface area contributed by atoms with Gasteiger partial charge in [0.15, 0.2) is 0 Å². The normalized spacial score (nSPS) is 11.5. The van der Waals surface area contributed by atoms with Gasteiger partial charge in [-0.15, -0.1) is 0 Å². The zero-order chi connectivity index (χ0) is 22.5. The molecule has 0 spiro atoms. The van der Waals surface area contributed by atoms with Crippen molar-refractivity contribution in [3.05, 3.63) is 96.0 Å². The molecule has 4 nitrogen and oxygen atoms in total. The van der Waals surface area contributed by atoms with Crippen LogP contribution in [0, 0.1) is 5.82 Å². The summed E-state index contributed by atoms with van der Waals surface area (Å²) in [6.07, 6.45) is 3.99. The Morgan fingerprint density at radius 2 is 1.84 bits per heavy atom. The van der Waals surface area contributed by atoms with Crippen LogP contribution in [-0.2, 0) is 11.2 Å². The minimum atomic E-state index is -0.291. The predicted molar refractivity (Wildman–Crippen MR) is 125 cm³/mol. The maximum absolute atomic E-state index is 13.3. The van der Waals surface area contributed by atoms with Crippen LogP contribution < -0.4 is 10.1 Å². The number of furan rings is 1. The lowest BCUT2D eigenvalue weighted by Crippen LogP contribution is -2.23. The topological polar surface area (TPSA) is 51.5 Å². The third kappa shape index (κ3) is 4.72. The Balaban J connectivity index is 1.58. The zero-order valence-corrected chi connectivity index (χ0v) is 18.0. The first-order chi connectivity index (χ1) is 15.5. The standard InChI is InChI=1S/C27H24FNO3/c1-18(14-27(30)29-13-12-19-6-4-3-5-7-19)22-15-23-24(20-8-10-21(28)11-9-20)17-32-26(23)16-25(22)31-2/h3-11,14-17H,12-13H2,1-2H3,(H,29,30)/b18-14+. The number of rotatable bonds is 7. The first-order valence-corrected chi connectivity index (χ1v) is 10.4. The van der Waals surface area contributed by atoms with E-state index in [4.69, 9.17) is 9.15 Å². The van der Waals surface area contributed by atoms with Gasteiger partial charge in [-0.25, -0.2) is 4.39 Å². The fraction of sp³-hybridized carbons (Fsp3) is 0.148. The molecule has 0 fully saturated rings. The maximum Gasteiger partial charge on any atom is 0.244 e. The number of hydrogen-bond acceptors (Lipinski definition) is 3. The van der Waals surface area contributed by atoms with Gasteiger partial charge in [-0.3, -0.25) is 4.79 Å². The highest BCUT2D eigenvalue weighted by Gasteiger charge is 2.15. The summed E-state index contributed by atoms with van der Waals surface area (Å²) in [5.41, 5.74) is 5.10. The number of ether oxygens (including phenoxy) is 1. The Bertz CT molecular complexity index is 1260. The molecule has 0 radical (unpaired) electrons. The molecule has 1 N–H and O–H groups in total. The average molecular weight is 429 g/mol. The Morgan fingerprint density at radius 3 is 2.56 bits per heavy atom. The van der Waals surface area contributed by atoms with Crippen LogP contribution in [0.15, 0.2) is 83.5 Å². The zero-order valence-electron chi connectivity index (χ0n) is 18.0. The van der Waals surface area contributed by atoms with Crippen molar-refractivity contribution in [3.8, 4) is 16.9 Å². The number of halogens is 1. The number of hydrogen-bond donors (Lipinski definition) is 1. The van der Waals surface area contributed by atoms with E-state index in [9.17, 15) is 9.18 Å². The molecule has 3 aromatic carbocycles. The first kappa shape index (κ1) is 21.4. The van der Waals surface area contributed by atoms with Gasteiger partial charge in [0.1, 0.15) is 17.1 Å². The Kier molecular flexibility index (Phi) is 6.36. The minimum Gasteiger partial charge on any atom is -0.496 e. The average Bonchev–Trinajstić information content (AvgIpc) is 3.22. The molecule has 0 aliphatic carbocycles. The monoisotopic (exact) mass is 429 g/mol. The van der Waals surface area contributed by atoms with Crippen molar-refractivity contribution >= 4 is 22.4 Å². The molecule has 4 aromatic rings. The number of methoxy groups -OCH3 is 1. The van der Waals surface area contributed by atoms with E-state index in [0.29, 0.717) is 17.9 Å². The fourth-order valence-electron chi connectivity index (χ4n) is 3.69. The molecule has 0 saturated heterocycles. The molecule has 1 heterocycles. The Labute approximate surface area is 186 Å². The highest BCUT2D eigenvalue weighted by atomic mass is 19.1. The number of carbonyl (C=O) groups is 1. The van der Waals surface area contributed by atoms with Gasteiger partial charge in [0.05, 0.1) is 13.4 Å². The molecule has 0 saturated carbocycles. The molecule has 0 aliphatic heterocycles. The molecule has 1 aromatic heterocycles. The summed E-state index contributed by atoms with van der Waals surface area (Å²) in [4.78, 5) is 12.5. The van der Waals surface area contributed by atoms with Crippen molar-refractivity contribution < 1.29 is 18.3 Å². The van der Waals surface area contributed by atoms with E-state index in [2.05, 4.69) is 5.32 Å². The first-order valence-electron chi connectivity index (χ1n) is 10.4. The number of fused-ring (bicyclic) bond motifs is 1. The largest absolute Gasteiger partial charge is 0.496 e. The summed E-state index contributed by atoms with van der Waals surface area (Å²) in [6, 6.07) is 20.0. The van der Waals surface area contributed by atoms with Gasteiger partial charge in [0.2, 0.25) is 5.91 Å². The van der Waals surface area contributed by atoms with E-state index in [0.717, 1.165) is 34.1 Å². The van der Waals surface area contributed by atoms with Crippen molar-refractivity contribution in [1.29, 1.82) is 0 Å². The summed E-state index contributed by atoms with van der Waals surface area (Å²) in [5, 5.41) is 3.80. The fourth-order valence-corrected chi connectivity index (χ4v) is 3.69. The summed E-state index contributed by atoms with van der Waals surface area (Å²) in [6.45, 7) is 2.43. The van der Waals surface area contributed by atoms with Gasteiger partial charge in [-0.1, -0.05) is 42.5 Å². The van der Waals surface area contributed by atoms with Crippen molar-refractivity contribution in [2.75, 3.05) is 13.7 Å². The third-order valence-electron chi connectivity index (χ3n) is 5.38. The van der Waals surface area contributed by atoms with Gasteiger partial charge < -0.3 is 14.5 Å².